The first-order valence-corrected chi connectivity index (χ1v) is 15.1. The van der Waals surface area contributed by atoms with Gasteiger partial charge >= 0.3 is 0 Å². The molecular formula is C25H25N7O4S3. The normalized spacial score (nSPS) is 12.6. The lowest BCUT2D eigenvalue weighted by atomic mass is 10.0. The van der Waals surface area contributed by atoms with Gasteiger partial charge in [-0.25, -0.2) is 23.2 Å². The Bertz CT molecular complexity index is 1710. The fraction of sp³-hybridized carbons (Fsp3) is 0.240. The third-order valence-electron chi connectivity index (χ3n) is 5.73. The van der Waals surface area contributed by atoms with Crippen molar-refractivity contribution in [2.24, 2.45) is 11.1 Å². The van der Waals surface area contributed by atoms with Crippen LogP contribution in [-0.4, -0.2) is 39.3 Å². The molecule has 0 saturated carbocycles. The maximum Gasteiger partial charge on any atom is 0.265 e. The lowest BCUT2D eigenvalue weighted by molar-refractivity contribution is -0.126. The number of primary sulfonamides is 1. The van der Waals surface area contributed by atoms with Gasteiger partial charge in [0.1, 0.15) is 24.1 Å². The van der Waals surface area contributed by atoms with Gasteiger partial charge in [-0.1, -0.05) is 25.1 Å². The topological polar surface area (TPSA) is 155 Å². The molecule has 0 bridgehead atoms. The van der Waals surface area contributed by atoms with Gasteiger partial charge in [-0.15, -0.1) is 27.8 Å². The zero-order valence-electron chi connectivity index (χ0n) is 21.0. The third-order valence-corrected chi connectivity index (χ3v) is 9.17. The second kappa shape index (κ2) is 11.2. The molecular weight excluding hydrogens is 559 g/mol. The van der Waals surface area contributed by atoms with Crippen molar-refractivity contribution in [2.75, 3.05) is 0 Å². The number of thiophene rings is 1. The summed E-state index contributed by atoms with van der Waals surface area (Å²) in [5.41, 5.74) is 1.96. The molecule has 4 heterocycles. The van der Waals surface area contributed by atoms with E-state index in [4.69, 9.17) is 9.88 Å². The first kappa shape index (κ1) is 26.9. The van der Waals surface area contributed by atoms with E-state index in [1.165, 1.54) is 0 Å². The van der Waals surface area contributed by atoms with Gasteiger partial charge in [0.25, 0.3) is 10.0 Å². The number of nitrogens with zero attached hydrogens (tertiary/aromatic N) is 5. The zero-order chi connectivity index (χ0) is 27.6. The Morgan fingerprint density at radius 3 is 2.74 bits per heavy atom. The number of hydrogen-bond acceptors (Lipinski definition) is 10. The van der Waals surface area contributed by atoms with Crippen LogP contribution in [0.2, 0.25) is 0 Å². The summed E-state index contributed by atoms with van der Waals surface area (Å²) in [7, 11) is -3.87. The maximum atomic E-state index is 13.1. The van der Waals surface area contributed by atoms with Crippen molar-refractivity contribution < 1.29 is 17.9 Å². The van der Waals surface area contributed by atoms with Crippen LogP contribution in [0, 0.1) is 5.92 Å². The molecule has 0 spiro atoms. The molecule has 1 unspecified atom stereocenters. The quantitative estimate of drug-likeness (QED) is 0.252. The molecule has 5 aromatic rings. The summed E-state index contributed by atoms with van der Waals surface area (Å²) in [5.74, 6) is 0.326. The standard InChI is InChI=1S/C25H25N7O4S3/c1-15(2)23(24(33)28-12-18-7-9-21(37-18)19-5-3-4-10-27-19)32-13-16(30-31-32)14-36-17-6-8-20-22(11-17)38-25(29-20)39(26,34)35/h3-11,13,15,23H,12,14H2,1-2H3,(H,28,33)(H2,26,34,35). The number of ether oxygens (including phenoxy) is 1. The van der Waals surface area contributed by atoms with Gasteiger partial charge < -0.3 is 10.1 Å². The van der Waals surface area contributed by atoms with Gasteiger partial charge in [-0.3, -0.25) is 9.78 Å². The summed E-state index contributed by atoms with van der Waals surface area (Å²) in [6.07, 6.45) is 3.45. The van der Waals surface area contributed by atoms with E-state index in [1.807, 2.05) is 44.2 Å². The summed E-state index contributed by atoms with van der Waals surface area (Å²) >= 11 is 2.56. The van der Waals surface area contributed by atoms with E-state index in [0.717, 1.165) is 26.8 Å². The number of nitrogens with one attached hydrogen (secondary N) is 1. The van der Waals surface area contributed by atoms with Gasteiger partial charge in [0.2, 0.25) is 10.2 Å². The fourth-order valence-electron chi connectivity index (χ4n) is 3.89. The Kier molecular flexibility index (Phi) is 7.70. The largest absolute Gasteiger partial charge is 0.487 e. The van der Waals surface area contributed by atoms with Gasteiger partial charge in [0.15, 0.2) is 0 Å². The lowest BCUT2D eigenvalue weighted by Crippen LogP contribution is -2.35. The minimum Gasteiger partial charge on any atom is -0.487 e. The first-order chi connectivity index (χ1) is 18.7. The van der Waals surface area contributed by atoms with E-state index >= 15 is 0 Å². The van der Waals surface area contributed by atoms with Gasteiger partial charge in [-0.2, -0.15) is 0 Å². The average Bonchev–Trinajstić information content (AvgIpc) is 3.66. The average molecular weight is 584 g/mol. The number of rotatable bonds is 10. The summed E-state index contributed by atoms with van der Waals surface area (Å²) in [4.78, 5) is 23.6. The van der Waals surface area contributed by atoms with E-state index < -0.39 is 16.1 Å². The van der Waals surface area contributed by atoms with Crippen LogP contribution in [0.3, 0.4) is 0 Å². The molecule has 3 N–H and O–H groups in total. The monoisotopic (exact) mass is 583 g/mol. The van der Waals surface area contributed by atoms with Crippen LogP contribution < -0.4 is 15.2 Å². The molecule has 0 aliphatic carbocycles. The number of carbonyl (C=O) groups excluding carboxylic acids is 1. The number of fused-ring (bicyclic) bond motifs is 1. The molecule has 1 atom stereocenters. The van der Waals surface area contributed by atoms with Crippen LogP contribution in [-0.2, 0) is 28.0 Å². The summed E-state index contributed by atoms with van der Waals surface area (Å²) in [5, 5.41) is 16.5. The highest BCUT2D eigenvalue weighted by atomic mass is 32.2. The Morgan fingerprint density at radius 1 is 1.15 bits per heavy atom. The van der Waals surface area contributed by atoms with Crippen molar-refractivity contribution >= 4 is 48.8 Å². The van der Waals surface area contributed by atoms with Crippen LogP contribution in [0.25, 0.3) is 20.8 Å². The smallest absolute Gasteiger partial charge is 0.265 e. The lowest BCUT2D eigenvalue weighted by Gasteiger charge is -2.19. The first-order valence-electron chi connectivity index (χ1n) is 11.9. The van der Waals surface area contributed by atoms with Crippen molar-refractivity contribution in [3.8, 4) is 16.3 Å². The molecule has 14 heteroatoms. The Balaban J connectivity index is 1.21. The number of pyridine rings is 1. The Labute approximate surface area is 232 Å². The van der Waals surface area contributed by atoms with Crippen LogP contribution >= 0.6 is 22.7 Å². The maximum absolute atomic E-state index is 13.1. The van der Waals surface area contributed by atoms with Crippen molar-refractivity contribution in [1.29, 1.82) is 0 Å². The van der Waals surface area contributed by atoms with Crippen LogP contribution in [0.1, 0.15) is 30.5 Å². The molecule has 39 heavy (non-hydrogen) atoms. The number of sulfonamides is 1. The minimum atomic E-state index is -3.87. The molecule has 0 aliphatic rings. The molecule has 0 aliphatic heterocycles. The van der Waals surface area contributed by atoms with Crippen LogP contribution in [0.15, 0.2) is 65.3 Å². The third kappa shape index (κ3) is 6.30. The Morgan fingerprint density at radius 2 is 2.00 bits per heavy atom. The number of nitrogens with two attached hydrogens (primary N) is 1. The van der Waals surface area contributed by atoms with E-state index in [2.05, 4.69) is 25.6 Å². The number of hydrogen-bond donors (Lipinski definition) is 2. The SMILES string of the molecule is CC(C)C(C(=O)NCc1ccc(-c2ccccn2)s1)n1cc(COc2ccc3nc(S(N)(=O)=O)sc3c2)nn1. The van der Waals surface area contributed by atoms with Gasteiger partial charge in [-0.05, 0) is 48.4 Å². The second-order valence-corrected chi connectivity index (χ2v) is 13.0. The van der Waals surface area contributed by atoms with Gasteiger partial charge in [0.05, 0.1) is 33.5 Å². The molecule has 0 fully saturated rings. The zero-order valence-corrected chi connectivity index (χ0v) is 23.5. The fourth-order valence-corrected chi connectivity index (χ4v) is 6.50. The van der Waals surface area contributed by atoms with Crippen LogP contribution in [0.5, 0.6) is 5.75 Å². The predicted octanol–water partition coefficient (Wildman–Crippen LogP) is 3.75. The number of carbonyl (C=O) groups is 1. The molecule has 202 valence electrons. The molecule has 0 radical (unpaired) electrons. The van der Waals surface area contributed by atoms with Crippen molar-refractivity contribution in [3.63, 3.8) is 0 Å². The van der Waals surface area contributed by atoms with E-state index in [-0.39, 0.29) is 22.8 Å². The highest BCUT2D eigenvalue weighted by Crippen LogP contribution is 2.29. The summed E-state index contributed by atoms with van der Waals surface area (Å²) in [6.45, 7) is 4.42. The number of amides is 1. The van der Waals surface area contributed by atoms with E-state index in [1.54, 1.807) is 46.6 Å². The van der Waals surface area contributed by atoms with E-state index in [0.29, 0.717) is 28.2 Å². The molecule has 1 aromatic carbocycles. The minimum absolute atomic E-state index is 0.0327. The van der Waals surface area contributed by atoms with E-state index in [9.17, 15) is 13.2 Å². The predicted molar refractivity (Wildman–Crippen MR) is 149 cm³/mol. The highest BCUT2D eigenvalue weighted by molar-refractivity contribution is 7.91. The molecule has 5 rings (SSSR count). The van der Waals surface area contributed by atoms with Crippen LogP contribution in [0.4, 0.5) is 0 Å². The number of aromatic nitrogens is 5. The molecule has 1 amide bonds. The summed E-state index contributed by atoms with van der Waals surface area (Å²) < 4.78 is 31.0. The second-order valence-electron chi connectivity index (χ2n) is 9.02. The summed E-state index contributed by atoms with van der Waals surface area (Å²) in [6, 6.07) is 14.3. The molecule has 0 saturated heterocycles. The van der Waals surface area contributed by atoms with Crippen molar-refractivity contribution in [1.82, 2.24) is 30.3 Å². The van der Waals surface area contributed by atoms with Crippen molar-refractivity contribution in [3.05, 3.63) is 71.5 Å². The molecule has 11 nitrogen and oxygen atoms in total. The number of benzene rings is 1. The Hall–Kier alpha value is -3.72. The molecule has 4 aromatic heterocycles. The number of thiazole rings is 1. The van der Waals surface area contributed by atoms with Crippen molar-refractivity contribution in [2.45, 2.75) is 37.4 Å². The van der Waals surface area contributed by atoms with Gasteiger partial charge in [0, 0.05) is 11.1 Å². The highest BCUT2D eigenvalue weighted by Gasteiger charge is 2.26.